The van der Waals surface area contributed by atoms with E-state index in [4.69, 9.17) is 0 Å². The van der Waals surface area contributed by atoms with Crippen LogP contribution in [0.4, 0.5) is 0 Å². The monoisotopic (exact) mass is 248 g/mol. The molecule has 1 aromatic heterocycles. The number of benzene rings is 1. The van der Waals surface area contributed by atoms with Crippen molar-refractivity contribution < 1.29 is 5.11 Å². The summed E-state index contributed by atoms with van der Waals surface area (Å²) < 4.78 is 3.54. The normalized spacial score (nSPS) is 10.4. The van der Waals surface area contributed by atoms with Crippen LogP contribution >= 0.6 is 0 Å². The van der Waals surface area contributed by atoms with Crippen LogP contribution in [-0.2, 0) is 0 Å². The number of aromatic hydroxyl groups is 1. The van der Waals surface area contributed by atoms with Crippen molar-refractivity contribution in [1.29, 1.82) is 0 Å². The van der Waals surface area contributed by atoms with Crippen molar-refractivity contribution >= 4 is 29.2 Å². The van der Waals surface area contributed by atoms with Gasteiger partial charge in [-0.3, -0.25) is 0 Å². The molecule has 50 valence electrons. The molecule has 0 spiro atoms. The SMILES string of the molecule is Oc1cccc2[te]ccc12. The standard InChI is InChI=1S/C8H6OTe/c9-7-2-1-3-8-6(7)4-5-10-8/h1-5,9H. The van der Waals surface area contributed by atoms with E-state index < -0.39 is 0 Å². The number of rotatable bonds is 0. The fraction of sp³-hybridized carbons (Fsp3) is 0. The topological polar surface area (TPSA) is 20.2 Å². The Balaban J connectivity index is 2.95. The van der Waals surface area contributed by atoms with Crippen LogP contribution in [0.25, 0.3) is 8.79 Å². The van der Waals surface area contributed by atoms with Crippen molar-refractivity contribution in [1.82, 2.24) is 0 Å². The average Bonchev–Trinajstić information content (AvgIpc) is 2.36. The zero-order chi connectivity index (χ0) is 6.97. The van der Waals surface area contributed by atoms with E-state index >= 15 is 0 Å². The molecule has 1 aromatic carbocycles. The average molecular weight is 246 g/mol. The molecule has 0 aliphatic heterocycles. The summed E-state index contributed by atoms with van der Waals surface area (Å²) in [6.07, 6.45) is 0. The van der Waals surface area contributed by atoms with Crippen LogP contribution in [0.1, 0.15) is 0 Å². The molecular formula is C8H6OTe. The first kappa shape index (κ1) is 6.27. The maximum absolute atomic E-state index is 9.30. The Kier molecular flexibility index (Phi) is 1.44. The molecule has 2 aromatic rings. The molecule has 2 heteroatoms. The fourth-order valence-electron chi connectivity index (χ4n) is 0.978. The Morgan fingerprint density at radius 3 is 2.90 bits per heavy atom. The van der Waals surface area contributed by atoms with Gasteiger partial charge in [-0.15, -0.1) is 0 Å². The summed E-state index contributed by atoms with van der Waals surface area (Å²) in [5.41, 5.74) is 0. The van der Waals surface area contributed by atoms with Crippen molar-refractivity contribution in [2.75, 3.05) is 0 Å². The van der Waals surface area contributed by atoms with Crippen LogP contribution in [0.3, 0.4) is 0 Å². The van der Waals surface area contributed by atoms with Crippen LogP contribution in [-0.4, -0.2) is 25.5 Å². The number of phenols is 1. The fourth-order valence-corrected chi connectivity index (χ4v) is 3.28. The second kappa shape index (κ2) is 2.30. The molecule has 2 rings (SSSR count). The van der Waals surface area contributed by atoms with Gasteiger partial charge in [-0.1, -0.05) is 0 Å². The molecule has 0 saturated carbocycles. The van der Waals surface area contributed by atoms with Gasteiger partial charge in [0.1, 0.15) is 0 Å². The van der Waals surface area contributed by atoms with Gasteiger partial charge in [0, 0.05) is 0 Å². The first-order valence-electron chi connectivity index (χ1n) is 3.03. The van der Waals surface area contributed by atoms with Crippen LogP contribution in [0.2, 0.25) is 0 Å². The number of fused-ring (bicyclic) bond motifs is 1. The Hall–Kier alpha value is -0.450. The summed E-state index contributed by atoms with van der Waals surface area (Å²) >= 11 is -0.0979. The van der Waals surface area contributed by atoms with Crippen LogP contribution in [0.5, 0.6) is 5.75 Å². The predicted octanol–water partition coefficient (Wildman–Crippen LogP) is 1.60. The number of hydrogen-bond donors (Lipinski definition) is 1. The van der Waals surface area contributed by atoms with Gasteiger partial charge in [0.05, 0.1) is 0 Å². The summed E-state index contributed by atoms with van der Waals surface area (Å²) in [5.74, 6) is 0.427. The van der Waals surface area contributed by atoms with E-state index in [9.17, 15) is 5.11 Å². The molecule has 0 aliphatic carbocycles. The molecule has 0 aliphatic rings. The molecule has 0 unspecified atom stereocenters. The third kappa shape index (κ3) is 0.847. The first-order valence-corrected chi connectivity index (χ1v) is 5.54. The van der Waals surface area contributed by atoms with Gasteiger partial charge in [-0.2, -0.15) is 0 Å². The Labute approximate surface area is 68.5 Å². The minimum absolute atomic E-state index is 0.0979. The molecule has 0 saturated heterocycles. The summed E-state index contributed by atoms with van der Waals surface area (Å²) in [5, 5.41) is 10.3. The van der Waals surface area contributed by atoms with E-state index in [2.05, 4.69) is 10.1 Å². The van der Waals surface area contributed by atoms with E-state index in [-0.39, 0.29) is 20.4 Å². The first-order chi connectivity index (χ1) is 4.88. The van der Waals surface area contributed by atoms with Crippen molar-refractivity contribution in [2.45, 2.75) is 0 Å². The summed E-state index contributed by atoms with van der Waals surface area (Å²) in [7, 11) is 0. The Bertz CT molecular complexity index is 351. The van der Waals surface area contributed by atoms with E-state index in [1.54, 1.807) is 6.07 Å². The second-order valence-electron chi connectivity index (χ2n) is 2.11. The number of hydrogen-bond acceptors (Lipinski definition) is 1. The number of phenolic OH excluding ortho intramolecular Hbond substituents is 1. The van der Waals surface area contributed by atoms with Crippen LogP contribution in [0, 0.1) is 0 Å². The van der Waals surface area contributed by atoms with Crippen molar-refractivity contribution in [2.24, 2.45) is 0 Å². The second-order valence-corrected chi connectivity index (χ2v) is 4.81. The van der Waals surface area contributed by atoms with E-state index in [0.717, 1.165) is 5.39 Å². The Morgan fingerprint density at radius 2 is 2.10 bits per heavy atom. The maximum atomic E-state index is 9.30. The summed E-state index contributed by atoms with van der Waals surface area (Å²) in [4.78, 5) is 0. The third-order valence-electron chi connectivity index (χ3n) is 1.47. The van der Waals surface area contributed by atoms with Crippen LogP contribution in [0.15, 0.2) is 28.3 Å². The van der Waals surface area contributed by atoms with Gasteiger partial charge in [0.15, 0.2) is 0 Å². The van der Waals surface area contributed by atoms with Gasteiger partial charge >= 0.3 is 68.4 Å². The van der Waals surface area contributed by atoms with E-state index in [1.165, 1.54) is 3.40 Å². The third-order valence-corrected chi connectivity index (χ3v) is 3.99. The zero-order valence-electron chi connectivity index (χ0n) is 5.24. The molecule has 1 nitrogen and oxygen atoms in total. The van der Waals surface area contributed by atoms with E-state index in [1.807, 2.05) is 12.1 Å². The molecule has 0 fully saturated rings. The van der Waals surface area contributed by atoms with Gasteiger partial charge < -0.3 is 0 Å². The predicted molar refractivity (Wildman–Crippen MR) is 42.6 cm³/mol. The molecule has 10 heavy (non-hydrogen) atoms. The molecule has 0 radical (unpaired) electrons. The van der Waals surface area contributed by atoms with Crippen LogP contribution < -0.4 is 0 Å². The van der Waals surface area contributed by atoms with Crippen molar-refractivity contribution in [3.8, 4) is 5.75 Å². The van der Waals surface area contributed by atoms with Crippen molar-refractivity contribution in [3.63, 3.8) is 0 Å². The molecule has 0 atom stereocenters. The molecule has 0 bridgehead atoms. The quantitative estimate of drug-likeness (QED) is 0.699. The summed E-state index contributed by atoms with van der Waals surface area (Å²) in [6.45, 7) is 0. The zero-order valence-corrected chi connectivity index (χ0v) is 7.57. The molecule has 1 heterocycles. The minimum atomic E-state index is -0.0979. The van der Waals surface area contributed by atoms with Gasteiger partial charge in [0.25, 0.3) is 0 Å². The molecule has 0 amide bonds. The molecular weight excluding hydrogens is 240 g/mol. The van der Waals surface area contributed by atoms with Gasteiger partial charge in [-0.25, -0.2) is 0 Å². The van der Waals surface area contributed by atoms with Gasteiger partial charge in [-0.05, 0) is 0 Å². The van der Waals surface area contributed by atoms with Gasteiger partial charge in [0.2, 0.25) is 0 Å². The molecule has 1 N–H and O–H groups in total. The Morgan fingerprint density at radius 1 is 1.20 bits per heavy atom. The van der Waals surface area contributed by atoms with Crippen molar-refractivity contribution in [3.05, 3.63) is 28.3 Å². The summed E-state index contributed by atoms with van der Waals surface area (Å²) in [6, 6.07) is 7.76. The van der Waals surface area contributed by atoms with E-state index in [0.29, 0.717) is 5.75 Å².